The molecule has 2 unspecified atom stereocenters. The van der Waals surface area contributed by atoms with E-state index in [0.29, 0.717) is 6.54 Å². The van der Waals surface area contributed by atoms with E-state index in [1.807, 2.05) is 0 Å². The summed E-state index contributed by atoms with van der Waals surface area (Å²) in [4.78, 5) is 13.2. The SMILES string of the molecule is CC(N)C(=O)N1CCCC(N)C1.Cl. The summed E-state index contributed by atoms with van der Waals surface area (Å²) in [6, 6.07) is -0.253. The third-order valence-electron chi connectivity index (χ3n) is 2.16. The highest BCUT2D eigenvalue weighted by atomic mass is 35.5. The zero-order valence-electron chi connectivity index (χ0n) is 7.90. The summed E-state index contributed by atoms with van der Waals surface area (Å²) in [5, 5.41) is 0. The van der Waals surface area contributed by atoms with E-state index in [4.69, 9.17) is 11.5 Å². The summed E-state index contributed by atoms with van der Waals surface area (Å²) in [5.41, 5.74) is 11.2. The fraction of sp³-hybridized carbons (Fsp3) is 0.875. The predicted molar refractivity (Wildman–Crippen MR) is 54.7 cm³/mol. The Bertz CT molecular complexity index is 175. The average molecular weight is 208 g/mol. The third kappa shape index (κ3) is 3.50. The second-order valence-electron chi connectivity index (χ2n) is 3.48. The van der Waals surface area contributed by atoms with Gasteiger partial charge in [0.2, 0.25) is 5.91 Å². The van der Waals surface area contributed by atoms with E-state index in [2.05, 4.69) is 0 Å². The van der Waals surface area contributed by atoms with Gasteiger partial charge in [-0.15, -0.1) is 12.4 Å². The molecule has 0 aromatic carbocycles. The molecule has 78 valence electrons. The summed E-state index contributed by atoms with van der Waals surface area (Å²) in [6.07, 6.45) is 2.02. The molecule has 0 aliphatic carbocycles. The Kier molecular flexibility index (Phi) is 5.29. The van der Waals surface area contributed by atoms with Crippen molar-refractivity contribution in [2.75, 3.05) is 13.1 Å². The second kappa shape index (κ2) is 5.42. The first-order chi connectivity index (χ1) is 5.61. The van der Waals surface area contributed by atoms with E-state index in [1.54, 1.807) is 11.8 Å². The average Bonchev–Trinajstić information content (AvgIpc) is 2.03. The van der Waals surface area contributed by atoms with Crippen molar-refractivity contribution < 1.29 is 4.79 Å². The second-order valence-corrected chi connectivity index (χ2v) is 3.48. The van der Waals surface area contributed by atoms with Crippen LogP contribution >= 0.6 is 12.4 Å². The van der Waals surface area contributed by atoms with Crippen molar-refractivity contribution in [3.05, 3.63) is 0 Å². The summed E-state index contributed by atoms with van der Waals surface area (Å²) >= 11 is 0. The van der Waals surface area contributed by atoms with E-state index in [9.17, 15) is 4.79 Å². The van der Waals surface area contributed by atoms with Crippen LogP contribution in [-0.4, -0.2) is 36.0 Å². The van der Waals surface area contributed by atoms with Crippen LogP contribution in [0.25, 0.3) is 0 Å². The van der Waals surface area contributed by atoms with Crippen molar-refractivity contribution >= 4 is 18.3 Å². The number of likely N-dealkylation sites (tertiary alicyclic amines) is 1. The van der Waals surface area contributed by atoms with Gasteiger partial charge in [0, 0.05) is 19.1 Å². The normalized spacial score (nSPS) is 24.8. The first kappa shape index (κ1) is 12.7. The molecule has 1 fully saturated rings. The van der Waals surface area contributed by atoms with Crippen molar-refractivity contribution in [2.24, 2.45) is 11.5 Å². The highest BCUT2D eigenvalue weighted by Gasteiger charge is 2.22. The Labute approximate surface area is 85.0 Å². The van der Waals surface area contributed by atoms with Gasteiger partial charge >= 0.3 is 0 Å². The molecule has 0 spiro atoms. The van der Waals surface area contributed by atoms with Crippen LogP contribution in [0.15, 0.2) is 0 Å². The van der Waals surface area contributed by atoms with E-state index in [0.717, 1.165) is 19.4 Å². The molecule has 1 aliphatic rings. The monoisotopic (exact) mass is 207 g/mol. The summed E-state index contributed by atoms with van der Waals surface area (Å²) < 4.78 is 0. The molecule has 0 radical (unpaired) electrons. The van der Waals surface area contributed by atoms with Crippen LogP contribution in [0.1, 0.15) is 19.8 Å². The highest BCUT2D eigenvalue weighted by Crippen LogP contribution is 2.08. The van der Waals surface area contributed by atoms with Gasteiger partial charge in [-0.05, 0) is 19.8 Å². The lowest BCUT2D eigenvalue weighted by molar-refractivity contribution is -0.133. The molecule has 0 aromatic heterocycles. The van der Waals surface area contributed by atoms with Gasteiger partial charge in [-0.2, -0.15) is 0 Å². The van der Waals surface area contributed by atoms with Crippen molar-refractivity contribution in [3.63, 3.8) is 0 Å². The number of rotatable bonds is 1. The number of carbonyl (C=O) groups is 1. The molecule has 1 saturated heterocycles. The number of piperidine rings is 1. The molecule has 1 aliphatic heterocycles. The maximum Gasteiger partial charge on any atom is 0.239 e. The Morgan fingerprint density at radius 1 is 1.62 bits per heavy atom. The molecular formula is C8H18ClN3O. The minimum absolute atomic E-state index is 0. The van der Waals surface area contributed by atoms with Gasteiger partial charge in [0.1, 0.15) is 0 Å². The zero-order chi connectivity index (χ0) is 9.14. The lowest BCUT2D eigenvalue weighted by Crippen LogP contribution is -2.50. The van der Waals surface area contributed by atoms with E-state index in [-0.39, 0.29) is 24.4 Å². The van der Waals surface area contributed by atoms with Gasteiger partial charge < -0.3 is 16.4 Å². The molecule has 0 aromatic rings. The molecule has 2 atom stereocenters. The van der Waals surface area contributed by atoms with Crippen LogP contribution in [0, 0.1) is 0 Å². The van der Waals surface area contributed by atoms with Crippen LogP contribution in [-0.2, 0) is 4.79 Å². The summed E-state index contributed by atoms with van der Waals surface area (Å²) in [5.74, 6) is 0.0187. The maximum atomic E-state index is 11.4. The number of halogens is 1. The van der Waals surface area contributed by atoms with Crippen molar-refractivity contribution in [1.29, 1.82) is 0 Å². The van der Waals surface area contributed by atoms with Gasteiger partial charge in [-0.25, -0.2) is 0 Å². The van der Waals surface area contributed by atoms with Crippen molar-refractivity contribution in [1.82, 2.24) is 4.90 Å². The van der Waals surface area contributed by atoms with E-state index >= 15 is 0 Å². The molecule has 13 heavy (non-hydrogen) atoms. The van der Waals surface area contributed by atoms with Gasteiger partial charge in [-0.1, -0.05) is 0 Å². The molecule has 1 rings (SSSR count). The number of carbonyl (C=O) groups excluding carboxylic acids is 1. The van der Waals surface area contributed by atoms with Crippen LogP contribution < -0.4 is 11.5 Å². The van der Waals surface area contributed by atoms with Crippen LogP contribution in [0.5, 0.6) is 0 Å². The van der Waals surface area contributed by atoms with E-state index in [1.165, 1.54) is 0 Å². The number of amides is 1. The van der Waals surface area contributed by atoms with Crippen LogP contribution in [0.2, 0.25) is 0 Å². The zero-order valence-corrected chi connectivity index (χ0v) is 8.72. The summed E-state index contributed by atoms with van der Waals surface area (Å²) in [6.45, 7) is 3.19. The Hall–Kier alpha value is -0.320. The Morgan fingerprint density at radius 3 is 2.69 bits per heavy atom. The van der Waals surface area contributed by atoms with E-state index < -0.39 is 6.04 Å². The standard InChI is InChI=1S/C8H17N3O.ClH/c1-6(9)8(12)11-4-2-3-7(10)5-11;/h6-7H,2-5,9-10H2,1H3;1H. The molecule has 4 N–H and O–H groups in total. The maximum absolute atomic E-state index is 11.4. The van der Waals surface area contributed by atoms with Gasteiger partial charge in [-0.3, -0.25) is 4.79 Å². The molecular weight excluding hydrogens is 190 g/mol. The summed E-state index contributed by atoms with van der Waals surface area (Å²) in [7, 11) is 0. The quantitative estimate of drug-likeness (QED) is 0.621. The van der Waals surface area contributed by atoms with Crippen molar-refractivity contribution in [2.45, 2.75) is 31.8 Å². The number of hydrogen-bond acceptors (Lipinski definition) is 3. The Balaban J connectivity index is 0.00000144. The highest BCUT2D eigenvalue weighted by molar-refractivity contribution is 5.85. The largest absolute Gasteiger partial charge is 0.340 e. The third-order valence-corrected chi connectivity index (χ3v) is 2.16. The molecule has 1 heterocycles. The van der Waals surface area contributed by atoms with Gasteiger partial charge in [0.05, 0.1) is 6.04 Å². The Morgan fingerprint density at radius 2 is 2.23 bits per heavy atom. The molecule has 0 saturated carbocycles. The number of hydrogen-bond donors (Lipinski definition) is 2. The molecule has 1 amide bonds. The first-order valence-corrected chi connectivity index (χ1v) is 4.41. The minimum Gasteiger partial charge on any atom is -0.340 e. The number of nitrogens with zero attached hydrogens (tertiary/aromatic N) is 1. The molecule has 4 nitrogen and oxygen atoms in total. The lowest BCUT2D eigenvalue weighted by atomic mass is 10.1. The molecule has 5 heteroatoms. The van der Waals surface area contributed by atoms with Gasteiger partial charge in [0.15, 0.2) is 0 Å². The lowest BCUT2D eigenvalue weighted by Gasteiger charge is -2.31. The number of nitrogens with two attached hydrogens (primary N) is 2. The fourth-order valence-corrected chi connectivity index (χ4v) is 1.50. The van der Waals surface area contributed by atoms with Crippen molar-refractivity contribution in [3.8, 4) is 0 Å². The van der Waals surface area contributed by atoms with Crippen LogP contribution in [0.3, 0.4) is 0 Å². The smallest absolute Gasteiger partial charge is 0.239 e. The first-order valence-electron chi connectivity index (χ1n) is 4.41. The predicted octanol–water partition coefficient (Wildman–Crippen LogP) is -0.295. The van der Waals surface area contributed by atoms with Gasteiger partial charge in [0.25, 0.3) is 0 Å². The topological polar surface area (TPSA) is 72.4 Å². The molecule has 0 bridgehead atoms. The minimum atomic E-state index is -0.393. The fourth-order valence-electron chi connectivity index (χ4n) is 1.50. The van der Waals surface area contributed by atoms with Crippen LogP contribution in [0.4, 0.5) is 0 Å².